The zero-order valence-electron chi connectivity index (χ0n) is 17.5. The number of benzene rings is 2. The molecule has 2 aromatic carbocycles. The van der Waals surface area contributed by atoms with Crippen LogP contribution in [0.15, 0.2) is 59.6 Å². The highest BCUT2D eigenvalue weighted by Crippen LogP contribution is 2.28. The number of hydrogen-bond donors (Lipinski definition) is 1. The molecule has 9 heteroatoms. The van der Waals surface area contributed by atoms with Crippen LogP contribution in [0.25, 0.3) is 11.3 Å². The number of amides is 1. The van der Waals surface area contributed by atoms with Crippen molar-refractivity contribution in [1.29, 1.82) is 0 Å². The molecular formula is C22H23N3O5S. The van der Waals surface area contributed by atoms with E-state index in [-0.39, 0.29) is 23.1 Å². The molecule has 0 aliphatic rings. The zero-order chi connectivity index (χ0) is 22.4. The maximum absolute atomic E-state index is 12.4. The zero-order valence-corrected chi connectivity index (χ0v) is 18.3. The van der Waals surface area contributed by atoms with Crippen LogP contribution in [0.3, 0.4) is 0 Å². The Bertz CT molecular complexity index is 1160. The third kappa shape index (κ3) is 5.37. The van der Waals surface area contributed by atoms with Crippen molar-refractivity contribution in [3.63, 3.8) is 0 Å². The summed E-state index contributed by atoms with van der Waals surface area (Å²) in [4.78, 5) is 12.4. The van der Waals surface area contributed by atoms with Gasteiger partial charge in [-0.3, -0.25) is 4.79 Å². The van der Waals surface area contributed by atoms with Crippen LogP contribution in [-0.2, 0) is 21.1 Å². The third-order valence-electron chi connectivity index (χ3n) is 4.62. The van der Waals surface area contributed by atoms with Crippen molar-refractivity contribution < 1.29 is 22.7 Å². The van der Waals surface area contributed by atoms with Gasteiger partial charge in [-0.05, 0) is 42.0 Å². The van der Waals surface area contributed by atoms with Crippen molar-refractivity contribution >= 4 is 21.4 Å². The van der Waals surface area contributed by atoms with Gasteiger partial charge in [0.25, 0.3) is 0 Å². The number of anilines is 1. The molecule has 1 heterocycles. The first-order valence-corrected chi connectivity index (χ1v) is 11.2. The molecule has 1 aromatic heterocycles. The van der Waals surface area contributed by atoms with Crippen molar-refractivity contribution in [3.8, 4) is 22.8 Å². The lowest BCUT2D eigenvalue weighted by atomic mass is 10.1. The minimum atomic E-state index is -3.39. The quantitative estimate of drug-likeness (QED) is 0.572. The Hall–Kier alpha value is -3.46. The molecule has 0 aliphatic heterocycles. The van der Waals surface area contributed by atoms with Crippen molar-refractivity contribution in [3.05, 3.63) is 60.2 Å². The highest BCUT2D eigenvalue weighted by Gasteiger charge is 2.14. The molecule has 162 valence electrons. The smallest absolute Gasteiger partial charge is 0.228 e. The normalized spacial score (nSPS) is 11.1. The summed E-state index contributed by atoms with van der Waals surface area (Å²) in [5.41, 5.74) is 2.72. The summed E-state index contributed by atoms with van der Waals surface area (Å²) in [5, 5.41) is 10.6. The Morgan fingerprint density at radius 1 is 0.935 bits per heavy atom. The van der Waals surface area contributed by atoms with Crippen LogP contribution in [0.2, 0.25) is 0 Å². The molecule has 3 rings (SSSR count). The summed E-state index contributed by atoms with van der Waals surface area (Å²) in [7, 11) is -0.286. The molecule has 0 fully saturated rings. The van der Waals surface area contributed by atoms with Crippen molar-refractivity contribution in [2.24, 2.45) is 0 Å². The molecule has 3 aromatic rings. The summed E-state index contributed by atoms with van der Waals surface area (Å²) in [6.45, 7) is 1.56. The Morgan fingerprint density at radius 2 is 1.65 bits per heavy atom. The average Bonchev–Trinajstić information content (AvgIpc) is 2.79. The number of carbonyl (C=O) groups excluding carboxylic acids is 1. The van der Waals surface area contributed by atoms with Gasteiger partial charge in [-0.2, -0.15) is 0 Å². The second-order valence-electron chi connectivity index (χ2n) is 6.65. The Kier molecular flexibility index (Phi) is 6.86. The molecular weight excluding hydrogens is 418 g/mol. The number of hydrogen-bond acceptors (Lipinski definition) is 7. The predicted molar refractivity (Wildman–Crippen MR) is 117 cm³/mol. The van der Waals surface area contributed by atoms with E-state index in [2.05, 4.69) is 15.5 Å². The first kappa shape index (κ1) is 22.2. The number of sulfone groups is 1. The molecule has 1 amide bonds. The standard InChI is InChI=1S/C22H23N3O5S/c1-4-31(27,28)22-12-10-18(24-25-22)16-6-8-17(9-7-16)23-21(26)14-15-5-11-19(29-2)20(13-15)30-3/h5-13H,4,14H2,1-3H3,(H,23,26). The molecule has 0 saturated heterocycles. The molecule has 0 aliphatic carbocycles. The molecule has 0 bridgehead atoms. The van der Waals surface area contributed by atoms with E-state index in [0.29, 0.717) is 22.9 Å². The molecule has 0 spiro atoms. The minimum absolute atomic E-state index is 0.0290. The second-order valence-corrected chi connectivity index (χ2v) is 8.88. The minimum Gasteiger partial charge on any atom is -0.493 e. The largest absolute Gasteiger partial charge is 0.493 e. The number of ether oxygens (including phenoxy) is 2. The Labute approximate surface area is 181 Å². The van der Waals surface area contributed by atoms with Crippen molar-refractivity contribution in [2.75, 3.05) is 25.3 Å². The molecule has 31 heavy (non-hydrogen) atoms. The molecule has 0 atom stereocenters. The summed E-state index contributed by atoms with van der Waals surface area (Å²) >= 11 is 0. The van der Waals surface area contributed by atoms with Crippen LogP contribution in [0.1, 0.15) is 12.5 Å². The van der Waals surface area contributed by atoms with Crippen LogP contribution in [0.4, 0.5) is 5.69 Å². The van der Waals surface area contributed by atoms with Gasteiger partial charge in [0.2, 0.25) is 5.91 Å². The van der Waals surface area contributed by atoms with Gasteiger partial charge in [0.15, 0.2) is 26.4 Å². The highest BCUT2D eigenvalue weighted by molar-refractivity contribution is 7.91. The number of nitrogens with zero attached hydrogens (tertiary/aromatic N) is 2. The second kappa shape index (κ2) is 9.57. The lowest BCUT2D eigenvalue weighted by Crippen LogP contribution is -2.14. The number of carbonyl (C=O) groups is 1. The first-order valence-electron chi connectivity index (χ1n) is 9.54. The Balaban J connectivity index is 1.66. The lowest BCUT2D eigenvalue weighted by molar-refractivity contribution is -0.115. The monoisotopic (exact) mass is 441 g/mol. The maximum atomic E-state index is 12.4. The number of rotatable bonds is 8. The van der Waals surface area contributed by atoms with Crippen LogP contribution < -0.4 is 14.8 Å². The van der Waals surface area contributed by atoms with Crippen LogP contribution in [-0.4, -0.2) is 44.5 Å². The summed E-state index contributed by atoms with van der Waals surface area (Å²) in [6.07, 6.45) is 0.181. The Morgan fingerprint density at radius 3 is 2.23 bits per heavy atom. The van der Waals surface area contributed by atoms with Gasteiger partial charge < -0.3 is 14.8 Å². The molecule has 0 radical (unpaired) electrons. The lowest BCUT2D eigenvalue weighted by Gasteiger charge is -2.10. The van der Waals surface area contributed by atoms with E-state index >= 15 is 0 Å². The van der Waals surface area contributed by atoms with E-state index in [1.165, 1.54) is 6.07 Å². The van der Waals surface area contributed by atoms with E-state index in [4.69, 9.17) is 9.47 Å². The summed E-state index contributed by atoms with van der Waals surface area (Å²) < 4.78 is 34.1. The van der Waals surface area contributed by atoms with E-state index in [9.17, 15) is 13.2 Å². The molecule has 8 nitrogen and oxygen atoms in total. The van der Waals surface area contributed by atoms with E-state index in [1.807, 2.05) is 6.07 Å². The van der Waals surface area contributed by atoms with Gasteiger partial charge in [-0.15, -0.1) is 10.2 Å². The highest BCUT2D eigenvalue weighted by atomic mass is 32.2. The molecule has 1 N–H and O–H groups in total. The predicted octanol–water partition coefficient (Wildman–Crippen LogP) is 3.14. The summed E-state index contributed by atoms with van der Waals surface area (Å²) in [5.74, 6) is 0.967. The van der Waals surface area contributed by atoms with Gasteiger partial charge in [-0.25, -0.2) is 8.42 Å². The van der Waals surface area contributed by atoms with Gasteiger partial charge in [0.05, 0.1) is 32.1 Å². The van der Waals surface area contributed by atoms with E-state index < -0.39 is 9.84 Å². The summed E-state index contributed by atoms with van der Waals surface area (Å²) in [6, 6.07) is 15.5. The fourth-order valence-electron chi connectivity index (χ4n) is 2.89. The SMILES string of the molecule is CCS(=O)(=O)c1ccc(-c2ccc(NC(=O)Cc3ccc(OC)c(OC)c3)cc2)nn1. The molecule has 0 unspecified atom stereocenters. The first-order chi connectivity index (χ1) is 14.9. The van der Waals surface area contributed by atoms with Crippen LogP contribution in [0.5, 0.6) is 11.5 Å². The number of nitrogens with one attached hydrogen (secondary N) is 1. The van der Waals surface area contributed by atoms with Gasteiger partial charge in [0.1, 0.15) is 0 Å². The van der Waals surface area contributed by atoms with Gasteiger partial charge >= 0.3 is 0 Å². The number of aromatic nitrogens is 2. The average molecular weight is 442 g/mol. The van der Waals surface area contributed by atoms with Gasteiger partial charge in [0, 0.05) is 11.3 Å². The topological polar surface area (TPSA) is 107 Å². The van der Waals surface area contributed by atoms with Crippen molar-refractivity contribution in [1.82, 2.24) is 10.2 Å². The van der Waals surface area contributed by atoms with E-state index in [0.717, 1.165) is 11.1 Å². The van der Waals surface area contributed by atoms with Gasteiger partial charge in [-0.1, -0.05) is 25.1 Å². The number of methoxy groups -OCH3 is 2. The van der Waals surface area contributed by atoms with Crippen molar-refractivity contribution in [2.45, 2.75) is 18.4 Å². The van der Waals surface area contributed by atoms with Crippen LogP contribution >= 0.6 is 0 Å². The molecule has 0 saturated carbocycles. The third-order valence-corrected chi connectivity index (χ3v) is 6.23. The fraction of sp³-hybridized carbons (Fsp3) is 0.227. The van der Waals surface area contributed by atoms with Crippen LogP contribution in [0, 0.1) is 0 Å². The van der Waals surface area contributed by atoms with E-state index in [1.54, 1.807) is 63.6 Å². The fourth-order valence-corrected chi connectivity index (χ4v) is 3.63. The maximum Gasteiger partial charge on any atom is 0.228 e.